The molecule has 0 aliphatic rings. The van der Waals surface area contributed by atoms with Gasteiger partial charge < -0.3 is 4.55 Å². The van der Waals surface area contributed by atoms with Gasteiger partial charge in [-0.05, 0) is 17.7 Å². The van der Waals surface area contributed by atoms with Crippen molar-refractivity contribution in [1.29, 1.82) is 0 Å². The number of halogens is 2. The van der Waals surface area contributed by atoms with E-state index in [-0.39, 0.29) is 4.79 Å². The van der Waals surface area contributed by atoms with Gasteiger partial charge in [0.25, 0.3) is 0 Å². The van der Waals surface area contributed by atoms with Gasteiger partial charge in [-0.2, -0.15) is 0 Å². The Labute approximate surface area is 72.9 Å². The predicted molar refractivity (Wildman–Crippen MR) is 36.1 cm³/mol. The molecule has 1 aromatic rings. The summed E-state index contributed by atoms with van der Waals surface area (Å²) in [5, 5.41) is -1.47. The highest BCUT2D eigenvalue weighted by Gasteiger charge is 2.21. The van der Waals surface area contributed by atoms with E-state index in [9.17, 15) is 17.5 Å². The highest BCUT2D eigenvalue weighted by molar-refractivity contribution is 7.85. The molecule has 4 nitrogen and oxygen atoms in total. The van der Waals surface area contributed by atoms with Crippen molar-refractivity contribution in [2.24, 2.45) is 0 Å². The molecule has 0 saturated carbocycles. The summed E-state index contributed by atoms with van der Waals surface area (Å²) in [5.41, 5.74) is 0. The van der Waals surface area contributed by atoms with Gasteiger partial charge in [0.05, 0.1) is 9.27 Å². The third-order valence-corrected chi connectivity index (χ3v) is 2.19. The SMILES string of the molecule is O=S(=O)([O-])c1cccc(Cl)[n+]1F. The Bertz CT molecular complexity index is 405. The first-order valence-corrected chi connectivity index (χ1v) is 4.54. The van der Waals surface area contributed by atoms with E-state index < -0.39 is 20.3 Å². The fourth-order valence-corrected chi connectivity index (χ4v) is 1.38. The van der Waals surface area contributed by atoms with E-state index in [1.165, 1.54) is 6.07 Å². The van der Waals surface area contributed by atoms with Gasteiger partial charge in [-0.1, -0.05) is 0 Å². The average Bonchev–Trinajstić information content (AvgIpc) is 1.92. The van der Waals surface area contributed by atoms with E-state index in [2.05, 4.69) is 0 Å². The van der Waals surface area contributed by atoms with E-state index >= 15 is 0 Å². The molecule has 0 spiro atoms. The van der Waals surface area contributed by atoms with Gasteiger partial charge >= 0.3 is 10.2 Å². The zero-order valence-electron chi connectivity index (χ0n) is 5.57. The van der Waals surface area contributed by atoms with E-state index in [0.717, 1.165) is 12.1 Å². The summed E-state index contributed by atoms with van der Waals surface area (Å²) < 4.78 is 43.7. The van der Waals surface area contributed by atoms with Crippen molar-refractivity contribution in [3.63, 3.8) is 0 Å². The lowest BCUT2D eigenvalue weighted by atomic mass is 10.5. The molecule has 0 unspecified atom stereocenters. The fourth-order valence-electron chi connectivity index (χ4n) is 0.627. The van der Waals surface area contributed by atoms with Gasteiger partial charge in [0.1, 0.15) is 0 Å². The first-order chi connectivity index (χ1) is 5.43. The second kappa shape index (κ2) is 2.96. The van der Waals surface area contributed by atoms with Crippen LogP contribution < -0.4 is 4.79 Å². The van der Waals surface area contributed by atoms with Crippen LogP contribution in [-0.4, -0.2) is 13.0 Å². The van der Waals surface area contributed by atoms with Crippen molar-refractivity contribution >= 4 is 21.7 Å². The van der Waals surface area contributed by atoms with E-state index in [0.29, 0.717) is 0 Å². The summed E-state index contributed by atoms with van der Waals surface area (Å²) in [4.78, 5) is -0.385. The summed E-state index contributed by atoms with van der Waals surface area (Å²) in [7, 11) is -4.80. The molecule has 12 heavy (non-hydrogen) atoms. The van der Waals surface area contributed by atoms with Crippen LogP contribution in [0.4, 0.5) is 4.48 Å². The Balaban J connectivity index is 3.47. The smallest absolute Gasteiger partial charge is 0.333 e. The molecular weight excluding hydrogens is 209 g/mol. The van der Waals surface area contributed by atoms with Gasteiger partial charge in [-0.15, -0.1) is 0 Å². The van der Waals surface area contributed by atoms with Crippen molar-refractivity contribution in [2.75, 3.05) is 0 Å². The number of rotatable bonds is 1. The molecule has 7 heteroatoms. The summed E-state index contributed by atoms with van der Waals surface area (Å²) >= 11 is 5.20. The fraction of sp³-hybridized carbons (Fsp3) is 0. The van der Waals surface area contributed by atoms with Crippen LogP contribution in [0.3, 0.4) is 0 Å². The molecule has 0 bridgehead atoms. The summed E-state index contributed by atoms with van der Waals surface area (Å²) in [6.07, 6.45) is 0. The predicted octanol–water partition coefficient (Wildman–Crippen LogP) is 0.264. The van der Waals surface area contributed by atoms with Crippen LogP contribution in [0, 0.1) is 0 Å². The van der Waals surface area contributed by atoms with Crippen molar-refractivity contribution in [1.82, 2.24) is 0 Å². The highest BCUT2D eigenvalue weighted by atomic mass is 35.5. The molecule has 0 radical (unpaired) electrons. The van der Waals surface area contributed by atoms with E-state index in [1.54, 1.807) is 0 Å². The van der Waals surface area contributed by atoms with Crippen LogP contribution in [-0.2, 0) is 10.1 Å². The van der Waals surface area contributed by atoms with Crippen LogP contribution in [0.5, 0.6) is 0 Å². The first-order valence-electron chi connectivity index (χ1n) is 2.75. The van der Waals surface area contributed by atoms with Crippen LogP contribution in [0.1, 0.15) is 0 Å². The quantitative estimate of drug-likeness (QED) is 0.495. The van der Waals surface area contributed by atoms with Crippen LogP contribution >= 0.6 is 11.6 Å². The van der Waals surface area contributed by atoms with Gasteiger partial charge in [-0.3, -0.25) is 0 Å². The van der Waals surface area contributed by atoms with Crippen molar-refractivity contribution in [3.8, 4) is 0 Å². The molecule has 0 saturated heterocycles. The summed E-state index contributed by atoms with van der Waals surface area (Å²) in [6.45, 7) is 0. The lowest BCUT2D eigenvalue weighted by molar-refractivity contribution is -0.872. The molecule has 0 aromatic carbocycles. The minimum absolute atomic E-state index is 0.385. The Hall–Kier alpha value is -0.720. The molecule has 0 N–H and O–H groups in total. The maximum atomic E-state index is 12.7. The van der Waals surface area contributed by atoms with Gasteiger partial charge in [-0.25, -0.2) is 8.42 Å². The largest absolute Gasteiger partial charge is 0.739 e. The molecule has 0 aliphatic heterocycles. The Morgan fingerprint density at radius 2 is 2.08 bits per heavy atom. The lowest BCUT2D eigenvalue weighted by Gasteiger charge is -1.99. The lowest BCUT2D eigenvalue weighted by Crippen LogP contribution is -2.31. The molecule has 1 rings (SSSR count). The van der Waals surface area contributed by atoms with E-state index in [4.69, 9.17) is 11.6 Å². The zero-order chi connectivity index (χ0) is 9.35. The molecule has 0 fully saturated rings. The number of hydrogen-bond acceptors (Lipinski definition) is 3. The Kier molecular flexibility index (Phi) is 2.31. The Morgan fingerprint density at radius 3 is 2.50 bits per heavy atom. The molecule has 0 aliphatic carbocycles. The first kappa shape index (κ1) is 9.37. The average molecular weight is 212 g/mol. The van der Waals surface area contributed by atoms with Crippen molar-refractivity contribution in [3.05, 3.63) is 23.4 Å². The number of pyridine rings is 1. The number of aromatic nitrogens is 1. The van der Waals surface area contributed by atoms with Crippen LogP contribution in [0.15, 0.2) is 23.2 Å². The van der Waals surface area contributed by atoms with E-state index in [1.807, 2.05) is 0 Å². The highest BCUT2D eigenvalue weighted by Crippen LogP contribution is 2.07. The normalized spacial score (nSPS) is 11.6. The molecule has 66 valence electrons. The topological polar surface area (TPSA) is 61.1 Å². The van der Waals surface area contributed by atoms with Crippen molar-refractivity contribution < 1.29 is 22.2 Å². The van der Waals surface area contributed by atoms with Crippen LogP contribution in [0.2, 0.25) is 5.15 Å². The third-order valence-electron chi connectivity index (χ3n) is 1.11. The minimum Gasteiger partial charge on any atom is -0.739 e. The van der Waals surface area contributed by atoms with Gasteiger partial charge in [0.15, 0.2) is 10.1 Å². The van der Waals surface area contributed by atoms with Crippen molar-refractivity contribution in [2.45, 2.75) is 5.03 Å². The maximum Gasteiger partial charge on any atom is 0.333 e. The number of hydrogen-bond donors (Lipinski definition) is 0. The minimum atomic E-state index is -4.80. The van der Waals surface area contributed by atoms with Gasteiger partial charge in [0.2, 0.25) is 0 Å². The standard InChI is InChI=1S/C5H3ClFNO3S/c6-4-2-1-3-5(8(4)7)12(9,10)11/h1-3H. The summed E-state index contributed by atoms with van der Waals surface area (Å²) in [5.74, 6) is 0. The summed E-state index contributed by atoms with van der Waals surface area (Å²) in [6, 6.07) is 3.12. The Morgan fingerprint density at radius 1 is 1.50 bits per heavy atom. The number of nitrogens with zero attached hydrogens (tertiary/aromatic N) is 1. The molecule has 0 amide bonds. The monoisotopic (exact) mass is 211 g/mol. The van der Waals surface area contributed by atoms with Crippen LogP contribution in [0.25, 0.3) is 0 Å². The second-order valence-electron chi connectivity index (χ2n) is 1.92. The van der Waals surface area contributed by atoms with Gasteiger partial charge in [0, 0.05) is 12.1 Å². The third kappa shape index (κ3) is 1.71. The molecule has 1 aromatic heterocycles. The second-order valence-corrected chi connectivity index (χ2v) is 3.64. The maximum absolute atomic E-state index is 12.7. The zero-order valence-corrected chi connectivity index (χ0v) is 7.14. The molecule has 1 heterocycles. The molecule has 0 atom stereocenters. The molecular formula is C5H3ClFNO3S.